The highest BCUT2D eigenvalue weighted by Crippen LogP contribution is 2.30. The average Bonchev–Trinajstić information content (AvgIpc) is 3.22. The van der Waals surface area contributed by atoms with E-state index in [4.69, 9.17) is 27.9 Å². The predicted molar refractivity (Wildman–Crippen MR) is 132 cm³/mol. The Bertz CT molecular complexity index is 1430. The molecule has 0 atom stereocenters. The van der Waals surface area contributed by atoms with E-state index in [1.54, 1.807) is 29.9 Å². The third-order valence-electron chi connectivity index (χ3n) is 5.27. The van der Waals surface area contributed by atoms with Crippen LogP contribution >= 0.6 is 23.2 Å². The molecule has 0 aromatic carbocycles. The Hall–Kier alpha value is -3.23. The second kappa shape index (κ2) is 9.56. The van der Waals surface area contributed by atoms with Crippen LogP contribution in [0.5, 0.6) is 5.75 Å². The molecule has 10 heteroatoms. The molecule has 0 fully saturated rings. The van der Waals surface area contributed by atoms with Crippen LogP contribution < -0.4 is 10.3 Å². The van der Waals surface area contributed by atoms with Gasteiger partial charge in [-0.15, -0.1) is 0 Å². The number of aromatic nitrogens is 6. The standard InChI is InChI=1S/C24H24Cl2N6O2/c1-13(2)23-28-10-14(3)22(29-23)18-9-19(17(25)11-27-18)32-15(4)8-20(21(26)24(32)33)34-12-16-6-7-31(5)30-16/h6-11,13H,12H2,1-5H3. The summed E-state index contributed by atoms with van der Waals surface area (Å²) < 4.78 is 8.90. The molecule has 0 radical (unpaired) electrons. The molecule has 4 aromatic rings. The van der Waals surface area contributed by atoms with Crippen LogP contribution in [-0.4, -0.2) is 29.3 Å². The molecule has 0 N–H and O–H groups in total. The van der Waals surface area contributed by atoms with Crippen molar-refractivity contribution in [3.05, 3.63) is 80.0 Å². The highest BCUT2D eigenvalue weighted by atomic mass is 35.5. The number of pyridine rings is 2. The van der Waals surface area contributed by atoms with Crippen molar-refractivity contribution in [1.82, 2.24) is 29.3 Å². The number of ether oxygens (including phenoxy) is 1. The van der Waals surface area contributed by atoms with Gasteiger partial charge in [-0.2, -0.15) is 5.10 Å². The second-order valence-corrected chi connectivity index (χ2v) is 9.09. The lowest BCUT2D eigenvalue weighted by atomic mass is 10.1. The third kappa shape index (κ3) is 4.69. The number of nitrogens with zero attached hydrogens (tertiary/aromatic N) is 6. The van der Waals surface area contributed by atoms with Crippen LogP contribution in [0.3, 0.4) is 0 Å². The minimum atomic E-state index is -0.445. The minimum absolute atomic E-state index is 0.0451. The molecule has 0 aliphatic heterocycles. The van der Waals surface area contributed by atoms with E-state index in [1.807, 2.05) is 40.1 Å². The predicted octanol–water partition coefficient (Wildman–Crippen LogP) is 5.05. The first-order valence-corrected chi connectivity index (χ1v) is 11.4. The Kier molecular flexibility index (Phi) is 6.72. The summed E-state index contributed by atoms with van der Waals surface area (Å²) in [4.78, 5) is 26.8. The number of rotatable bonds is 6. The molecule has 4 aromatic heterocycles. The van der Waals surface area contributed by atoms with E-state index < -0.39 is 5.56 Å². The molecule has 0 saturated carbocycles. The van der Waals surface area contributed by atoms with Crippen LogP contribution in [0.2, 0.25) is 10.0 Å². The van der Waals surface area contributed by atoms with Crippen molar-refractivity contribution in [3.63, 3.8) is 0 Å². The average molecular weight is 499 g/mol. The number of halogens is 2. The highest BCUT2D eigenvalue weighted by Gasteiger charge is 2.18. The zero-order valence-corrected chi connectivity index (χ0v) is 21.0. The van der Waals surface area contributed by atoms with E-state index >= 15 is 0 Å². The van der Waals surface area contributed by atoms with Crippen molar-refractivity contribution in [1.29, 1.82) is 0 Å². The summed E-state index contributed by atoms with van der Waals surface area (Å²) in [6, 6.07) is 5.27. The number of hydrogen-bond acceptors (Lipinski definition) is 6. The van der Waals surface area contributed by atoms with Gasteiger partial charge in [0, 0.05) is 43.3 Å². The minimum Gasteiger partial charge on any atom is -0.485 e. The van der Waals surface area contributed by atoms with Gasteiger partial charge in [-0.25, -0.2) is 9.97 Å². The molecular weight excluding hydrogens is 475 g/mol. The maximum absolute atomic E-state index is 13.3. The largest absolute Gasteiger partial charge is 0.485 e. The summed E-state index contributed by atoms with van der Waals surface area (Å²) in [5.74, 6) is 1.16. The first-order valence-electron chi connectivity index (χ1n) is 10.7. The van der Waals surface area contributed by atoms with Crippen molar-refractivity contribution in [2.24, 2.45) is 7.05 Å². The van der Waals surface area contributed by atoms with E-state index in [0.29, 0.717) is 33.6 Å². The fourth-order valence-corrected chi connectivity index (χ4v) is 3.88. The summed E-state index contributed by atoms with van der Waals surface area (Å²) in [5.41, 5.74) is 3.47. The Morgan fingerprint density at radius 2 is 1.88 bits per heavy atom. The van der Waals surface area contributed by atoms with Gasteiger partial charge in [0.25, 0.3) is 5.56 Å². The Balaban J connectivity index is 1.76. The van der Waals surface area contributed by atoms with Crippen LogP contribution in [0.15, 0.2) is 41.6 Å². The molecule has 0 aliphatic carbocycles. The topological polar surface area (TPSA) is 87.7 Å². The monoisotopic (exact) mass is 498 g/mol. The van der Waals surface area contributed by atoms with E-state index in [-0.39, 0.29) is 23.3 Å². The third-order valence-corrected chi connectivity index (χ3v) is 5.91. The molecule has 4 rings (SSSR count). The lowest BCUT2D eigenvalue weighted by molar-refractivity contribution is 0.299. The maximum atomic E-state index is 13.3. The van der Waals surface area contributed by atoms with Gasteiger partial charge in [0.2, 0.25) is 0 Å². The van der Waals surface area contributed by atoms with Crippen LogP contribution in [0, 0.1) is 13.8 Å². The zero-order valence-electron chi connectivity index (χ0n) is 19.5. The fourth-order valence-electron chi connectivity index (χ4n) is 3.50. The summed E-state index contributed by atoms with van der Waals surface area (Å²) >= 11 is 12.9. The lowest BCUT2D eigenvalue weighted by Crippen LogP contribution is -2.22. The molecule has 0 spiro atoms. The number of aryl methyl sites for hydroxylation is 3. The summed E-state index contributed by atoms with van der Waals surface area (Å²) in [6.07, 6.45) is 5.10. The van der Waals surface area contributed by atoms with Crippen molar-refractivity contribution in [2.45, 2.75) is 40.2 Å². The first-order chi connectivity index (χ1) is 16.2. The van der Waals surface area contributed by atoms with Crippen molar-refractivity contribution < 1.29 is 4.74 Å². The molecular formula is C24H24Cl2N6O2. The smallest absolute Gasteiger partial charge is 0.277 e. The van der Waals surface area contributed by atoms with Gasteiger partial charge < -0.3 is 4.74 Å². The second-order valence-electron chi connectivity index (χ2n) is 8.31. The van der Waals surface area contributed by atoms with E-state index in [9.17, 15) is 4.79 Å². The van der Waals surface area contributed by atoms with E-state index in [2.05, 4.69) is 20.1 Å². The first kappa shape index (κ1) is 23.9. The van der Waals surface area contributed by atoms with Gasteiger partial charge in [-0.05, 0) is 31.5 Å². The van der Waals surface area contributed by atoms with Crippen molar-refractivity contribution in [2.75, 3.05) is 0 Å². The number of hydrogen-bond donors (Lipinski definition) is 0. The normalized spacial score (nSPS) is 11.3. The van der Waals surface area contributed by atoms with Gasteiger partial charge in [-0.3, -0.25) is 19.0 Å². The lowest BCUT2D eigenvalue weighted by Gasteiger charge is -2.16. The van der Waals surface area contributed by atoms with Crippen molar-refractivity contribution in [3.8, 4) is 22.8 Å². The van der Waals surface area contributed by atoms with Crippen LogP contribution in [0.25, 0.3) is 17.1 Å². The van der Waals surface area contributed by atoms with Crippen LogP contribution in [-0.2, 0) is 13.7 Å². The van der Waals surface area contributed by atoms with Gasteiger partial charge >= 0.3 is 0 Å². The molecule has 8 nitrogen and oxygen atoms in total. The van der Waals surface area contributed by atoms with Gasteiger partial charge in [-0.1, -0.05) is 37.0 Å². The fraction of sp³-hybridized carbons (Fsp3) is 0.292. The molecule has 0 aliphatic rings. The summed E-state index contributed by atoms with van der Waals surface area (Å²) in [5, 5.41) is 4.53. The van der Waals surface area contributed by atoms with Crippen LogP contribution in [0.1, 0.15) is 42.5 Å². The van der Waals surface area contributed by atoms with Gasteiger partial charge in [0.05, 0.1) is 27.8 Å². The molecule has 0 unspecified atom stereocenters. The maximum Gasteiger partial charge on any atom is 0.277 e. The quantitative estimate of drug-likeness (QED) is 0.369. The zero-order chi connectivity index (χ0) is 24.6. The molecule has 34 heavy (non-hydrogen) atoms. The molecule has 0 amide bonds. The van der Waals surface area contributed by atoms with E-state index in [1.165, 1.54) is 10.8 Å². The SMILES string of the molecule is Cc1cnc(C(C)C)nc1-c1cc(-n2c(C)cc(OCc3ccn(C)n3)c(Cl)c2=O)c(Cl)cn1. The Morgan fingerprint density at radius 3 is 2.56 bits per heavy atom. The summed E-state index contributed by atoms with van der Waals surface area (Å²) in [6.45, 7) is 7.94. The molecule has 0 bridgehead atoms. The molecule has 0 saturated heterocycles. The van der Waals surface area contributed by atoms with Gasteiger partial charge in [0.15, 0.2) is 0 Å². The van der Waals surface area contributed by atoms with E-state index in [0.717, 1.165) is 11.3 Å². The Labute approximate surface area is 207 Å². The Morgan fingerprint density at radius 1 is 1.12 bits per heavy atom. The molecule has 4 heterocycles. The van der Waals surface area contributed by atoms with Crippen molar-refractivity contribution >= 4 is 23.2 Å². The molecule has 176 valence electrons. The highest BCUT2D eigenvalue weighted by molar-refractivity contribution is 6.33. The van der Waals surface area contributed by atoms with Crippen LogP contribution in [0.4, 0.5) is 0 Å². The van der Waals surface area contributed by atoms with Gasteiger partial charge in [0.1, 0.15) is 23.2 Å². The summed E-state index contributed by atoms with van der Waals surface area (Å²) in [7, 11) is 1.82.